The zero-order chi connectivity index (χ0) is 23.8. The molecule has 178 valence electrons. The summed E-state index contributed by atoms with van der Waals surface area (Å²) < 4.78 is 10.9. The number of hydrogen-bond donors (Lipinski definition) is 2. The molecular formula is C22H39N3O6. The molecule has 3 amide bonds. The fourth-order valence-electron chi connectivity index (χ4n) is 3.76. The van der Waals surface area contributed by atoms with Gasteiger partial charge in [-0.1, -0.05) is 26.7 Å². The number of primary amides is 1. The highest BCUT2D eigenvalue weighted by atomic mass is 16.6. The number of unbranched alkanes of at least 4 members (excludes halogenated alkanes) is 1. The molecule has 4 atom stereocenters. The summed E-state index contributed by atoms with van der Waals surface area (Å²) in [4.78, 5) is 50.8. The number of rotatable bonds is 10. The highest BCUT2D eigenvalue weighted by Gasteiger charge is 2.51. The van der Waals surface area contributed by atoms with Gasteiger partial charge in [0.1, 0.15) is 11.6 Å². The van der Waals surface area contributed by atoms with Crippen LogP contribution in [-0.2, 0) is 23.9 Å². The molecule has 31 heavy (non-hydrogen) atoms. The quantitative estimate of drug-likeness (QED) is 0.396. The Labute approximate surface area is 185 Å². The van der Waals surface area contributed by atoms with Crippen molar-refractivity contribution < 1.29 is 28.7 Å². The molecule has 0 radical (unpaired) electrons. The third kappa shape index (κ3) is 8.38. The largest absolute Gasteiger partial charge is 0.458 e. The molecule has 3 N–H and O–H groups in total. The molecule has 0 saturated carbocycles. The van der Waals surface area contributed by atoms with Crippen LogP contribution in [0.3, 0.4) is 0 Å². The van der Waals surface area contributed by atoms with E-state index >= 15 is 0 Å². The van der Waals surface area contributed by atoms with Gasteiger partial charge in [0.05, 0.1) is 12.5 Å². The maximum absolute atomic E-state index is 13.0. The first-order valence-electron chi connectivity index (χ1n) is 11.1. The maximum Gasteiger partial charge on any atom is 0.410 e. The molecule has 9 heteroatoms. The van der Waals surface area contributed by atoms with Gasteiger partial charge in [0.25, 0.3) is 0 Å². The minimum absolute atomic E-state index is 0.000853. The van der Waals surface area contributed by atoms with Gasteiger partial charge in [-0.05, 0) is 46.0 Å². The summed E-state index contributed by atoms with van der Waals surface area (Å²) in [5.41, 5.74) is 4.92. The second kappa shape index (κ2) is 11.9. The van der Waals surface area contributed by atoms with Gasteiger partial charge in [-0.2, -0.15) is 0 Å². The minimum Gasteiger partial charge on any atom is -0.458 e. The Bertz CT molecular complexity index is 646. The molecular weight excluding hydrogens is 402 g/mol. The van der Waals surface area contributed by atoms with Gasteiger partial charge in [-0.15, -0.1) is 0 Å². The zero-order valence-electron chi connectivity index (χ0n) is 19.7. The number of likely N-dealkylation sites (tertiary alicyclic amines) is 1. The molecule has 1 unspecified atom stereocenters. The number of carbonyl (C=O) groups excluding carboxylic acids is 4. The van der Waals surface area contributed by atoms with Crippen LogP contribution in [-0.4, -0.2) is 59.6 Å². The van der Waals surface area contributed by atoms with Crippen LogP contribution in [0.1, 0.15) is 73.6 Å². The SMILES string of the molecule is CCCCOC(=O)N1[C@@H](C(=O)OC(C)(C)C)C[C@@H](C(N)=O)[C@H]1CC(CC)CNC(C)=O. The first-order chi connectivity index (χ1) is 14.4. The fourth-order valence-corrected chi connectivity index (χ4v) is 3.76. The summed E-state index contributed by atoms with van der Waals surface area (Å²) >= 11 is 0. The Hall–Kier alpha value is -2.32. The highest BCUT2D eigenvalue weighted by Crippen LogP contribution is 2.36. The Kier molecular flexibility index (Phi) is 10.3. The number of nitrogens with two attached hydrogens (primary N) is 1. The number of nitrogens with one attached hydrogen (secondary N) is 1. The van der Waals surface area contributed by atoms with Crippen molar-refractivity contribution >= 4 is 23.9 Å². The molecule has 1 rings (SSSR count). The molecule has 1 aliphatic rings. The number of ether oxygens (including phenoxy) is 2. The summed E-state index contributed by atoms with van der Waals surface area (Å²) in [5, 5.41) is 2.78. The molecule has 1 heterocycles. The predicted molar refractivity (Wildman–Crippen MR) is 116 cm³/mol. The molecule has 9 nitrogen and oxygen atoms in total. The Morgan fingerprint density at radius 3 is 2.32 bits per heavy atom. The summed E-state index contributed by atoms with van der Waals surface area (Å²) in [6.07, 6.45) is 2.12. The van der Waals surface area contributed by atoms with Gasteiger partial charge in [0, 0.05) is 19.5 Å². The lowest BCUT2D eigenvalue weighted by Gasteiger charge is -2.33. The number of esters is 1. The Balaban J connectivity index is 3.20. The number of carbonyl (C=O) groups is 4. The Morgan fingerprint density at radius 1 is 1.19 bits per heavy atom. The number of hydrogen-bond acceptors (Lipinski definition) is 6. The highest BCUT2D eigenvalue weighted by molar-refractivity contribution is 5.87. The maximum atomic E-state index is 13.0. The lowest BCUT2D eigenvalue weighted by atomic mass is 9.89. The lowest BCUT2D eigenvalue weighted by Crippen LogP contribution is -2.49. The summed E-state index contributed by atoms with van der Waals surface area (Å²) in [6.45, 7) is 11.2. The first kappa shape index (κ1) is 26.7. The van der Waals surface area contributed by atoms with E-state index in [9.17, 15) is 19.2 Å². The van der Waals surface area contributed by atoms with Gasteiger partial charge >= 0.3 is 12.1 Å². The van der Waals surface area contributed by atoms with Crippen LogP contribution in [0.25, 0.3) is 0 Å². The van der Waals surface area contributed by atoms with Crippen molar-refractivity contribution in [1.29, 1.82) is 0 Å². The molecule has 0 aromatic heterocycles. The average molecular weight is 442 g/mol. The van der Waals surface area contributed by atoms with Crippen molar-refractivity contribution in [3.8, 4) is 0 Å². The zero-order valence-corrected chi connectivity index (χ0v) is 19.7. The fraction of sp³-hybridized carbons (Fsp3) is 0.818. The molecule has 0 aromatic rings. The van der Waals surface area contributed by atoms with Crippen LogP contribution in [0, 0.1) is 11.8 Å². The normalized spacial score (nSPS) is 22.0. The molecule has 1 aliphatic heterocycles. The summed E-state index contributed by atoms with van der Waals surface area (Å²) in [7, 11) is 0. The molecule has 1 fully saturated rings. The second-order valence-electron chi connectivity index (χ2n) is 9.18. The van der Waals surface area contributed by atoms with Crippen LogP contribution in [0.4, 0.5) is 4.79 Å². The average Bonchev–Trinajstić information content (AvgIpc) is 3.03. The van der Waals surface area contributed by atoms with E-state index in [0.29, 0.717) is 19.4 Å². The monoisotopic (exact) mass is 441 g/mol. The third-order valence-corrected chi connectivity index (χ3v) is 5.41. The standard InChI is InChI=1S/C22H39N3O6/c1-7-9-10-30-21(29)25-17(11-15(8-2)13-24-14(3)26)16(19(23)27)12-18(25)20(28)31-22(4,5)6/h15-18H,7-13H2,1-6H3,(H2,23,27)(H,24,26)/t15?,16-,17-,18-/m1/s1. The van der Waals surface area contributed by atoms with Crippen molar-refractivity contribution in [2.75, 3.05) is 13.2 Å². The van der Waals surface area contributed by atoms with Crippen molar-refractivity contribution in [3.63, 3.8) is 0 Å². The van der Waals surface area contributed by atoms with Crippen molar-refractivity contribution in [2.24, 2.45) is 17.6 Å². The van der Waals surface area contributed by atoms with Gasteiger partial charge in [0.15, 0.2) is 0 Å². The third-order valence-electron chi connectivity index (χ3n) is 5.41. The van der Waals surface area contributed by atoms with E-state index in [2.05, 4.69) is 5.32 Å². The van der Waals surface area contributed by atoms with Crippen LogP contribution in [0.5, 0.6) is 0 Å². The van der Waals surface area contributed by atoms with Gasteiger partial charge < -0.3 is 20.5 Å². The molecule has 0 bridgehead atoms. The topological polar surface area (TPSA) is 128 Å². The van der Waals surface area contributed by atoms with Crippen LogP contribution >= 0.6 is 0 Å². The van der Waals surface area contributed by atoms with Crippen LogP contribution < -0.4 is 11.1 Å². The number of amides is 3. The van der Waals surface area contributed by atoms with E-state index in [1.165, 1.54) is 11.8 Å². The molecule has 0 aromatic carbocycles. The van der Waals surface area contributed by atoms with E-state index in [-0.39, 0.29) is 24.9 Å². The van der Waals surface area contributed by atoms with Gasteiger partial charge in [-0.3, -0.25) is 14.5 Å². The lowest BCUT2D eigenvalue weighted by molar-refractivity contribution is -0.160. The predicted octanol–water partition coefficient (Wildman–Crippen LogP) is 2.36. The van der Waals surface area contributed by atoms with Gasteiger partial charge in [0.2, 0.25) is 11.8 Å². The van der Waals surface area contributed by atoms with Crippen molar-refractivity contribution in [1.82, 2.24) is 10.2 Å². The van der Waals surface area contributed by atoms with Crippen molar-refractivity contribution in [2.45, 2.75) is 91.3 Å². The summed E-state index contributed by atoms with van der Waals surface area (Å²) in [6, 6.07) is -1.56. The van der Waals surface area contributed by atoms with Crippen molar-refractivity contribution in [3.05, 3.63) is 0 Å². The van der Waals surface area contributed by atoms with Crippen LogP contribution in [0.2, 0.25) is 0 Å². The Morgan fingerprint density at radius 2 is 1.84 bits per heavy atom. The van der Waals surface area contributed by atoms with Gasteiger partial charge in [-0.25, -0.2) is 9.59 Å². The van der Waals surface area contributed by atoms with E-state index in [1.807, 2.05) is 13.8 Å². The number of nitrogens with zero attached hydrogens (tertiary/aromatic N) is 1. The van der Waals surface area contributed by atoms with E-state index in [0.717, 1.165) is 12.8 Å². The molecule has 1 saturated heterocycles. The molecule has 0 spiro atoms. The second-order valence-corrected chi connectivity index (χ2v) is 9.18. The first-order valence-corrected chi connectivity index (χ1v) is 11.1. The van der Waals surface area contributed by atoms with E-state index in [4.69, 9.17) is 15.2 Å². The van der Waals surface area contributed by atoms with E-state index < -0.39 is 41.6 Å². The summed E-state index contributed by atoms with van der Waals surface area (Å²) in [5.74, 6) is -2.01. The van der Waals surface area contributed by atoms with E-state index in [1.54, 1.807) is 20.8 Å². The smallest absolute Gasteiger partial charge is 0.410 e. The van der Waals surface area contributed by atoms with Crippen LogP contribution in [0.15, 0.2) is 0 Å². The molecule has 0 aliphatic carbocycles. The minimum atomic E-state index is -0.950.